The number of carbonyl (C=O) groups is 6. The lowest BCUT2D eigenvalue weighted by Crippen LogP contribution is -2.37. The van der Waals surface area contributed by atoms with Crippen molar-refractivity contribution in [1.29, 1.82) is 0 Å². The minimum Gasteiger partial charge on any atom is -0.481 e. The van der Waals surface area contributed by atoms with E-state index in [0.717, 1.165) is 77.0 Å². The average molecular weight is 1980 g/mol. The zero-order valence-electron chi connectivity index (χ0n) is 92.2. The standard InChI is InChI=1S/6C18H36O2.2C5H12O4/c6*1-2-3-4-5-6-7-8-9-10-11-12-13-14-15-16-17-18(19)20;2*6-1-5(2-7,3-8)4-9/h6*2-17H2,1H3,(H,19,20);2*6-9H,1-4H2. The molecule has 0 fully saturated rings. The van der Waals surface area contributed by atoms with Crippen molar-refractivity contribution in [1.82, 2.24) is 0 Å². The maximum absolute atomic E-state index is 10.3. The molecule has 0 rings (SSSR count). The Morgan fingerprint density at radius 2 is 0.174 bits per heavy atom. The normalized spacial score (nSPS) is 11.0. The summed E-state index contributed by atoms with van der Waals surface area (Å²) in [5, 5.41) is 119. The van der Waals surface area contributed by atoms with Gasteiger partial charge < -0.3 is 71.5 Å². The molecule has 0 saturated carbocycles. The highest BCUT2D eigenvalue weighted by atomic mass is 16.4. The third-order valence-electron chi connectivity index (χ3n) is 26.6. The number of aliphatic carboxylic acids is 6. The van der Waals surface area contributed by atoms with Crippen LogP contribution in [0.25, 0.3) is 0 Å². The minimum absolute atomic E-state index is 0.345. The second-order valence-electron chi connectivity index (χ2n) is 40.8. The Morgan fingerprint density at radius 1 is 0.116 bits per heavy atom. The second-order valence-corrected chi connectivity index (χ2v) is 40.8. The van der Waals surface area contributed by atoms with Crippen molar-refractivity contribution in [2.45, 2.75) is 658 Å². The predicted octanol–water partition coefficient (Wildman–Crippen LogP) is 33.9. The molecule has 0 aromatic rings. The van der Waals surface area contributed by atoms with E-state index in [2.05, 4.69) is 41.5 Å². The molecule has 0 aromatic carbocycles. The van der Waals surface area contributed by atoms with Crippen molar-refractivity contribution < 1.29 is 100 Å². The van der Waals surface area contributed by atoms with Crippen LogP contribution in [0, 0.1) is 10.8 Å². The summed E-state index contributed by atoms with van der Waals surface area (Å²) in [6, 6.07) is 0. The summed E-state index contributed by atoms with van der Waals surface area (Å²) in [5.41, 5.74) is -2.22. The van der Waals surface area contributed by atoms with Gasteiger partial charge in [-0.3, -0.25) is 28.8 Å². The van der Waals surface area contributed by atoms with Crippen LogP contribution < -0.4 is 0 Å². The Bertz CT molecular complexity index is 1850. The number of rotatable bonds is 104. The number of aliphatic hydroxyl groups is 8. The molecule has 138 heavy (non-hydrogen) atoms. The molecule has 20 heteroatoms. The van der Waals surface area contributed by atoms with Crippen LogP contribution in [0.4, 0.5) is 0 Å². The monoisotopic (exact) mass is 1980 g/mol. The van der Waals surface area contributed by atoms with E-state index in [1.54, 1.807) is 0 Å². The van der Waals surface area contributed by atoms with Gasteiger partial charge in [0, 0.05) is 38.5 Å². The number of hydrogen-bond acceptors (Lipinski definition) is 14. The van der Waals surface area contributed by atoms with Gasteiger partial charge in [0.2, 0.25) is 0 Å². The lowest BCUT2D eigenvalue weighted by Gasteiger charge is -2.23. The van der Waals surface area contributed by atoms with Gasteiger partial charge in [-0.05, 0) is 38.5 Å². The van der Waals surface area contributed by atoms with Gasteiger partial charge in [-0.1, -0.05) is 581 Å². The SMILES string of the molecule is CCCCCCCCCCCCCCCCCC(=O)O.CCCCCCCCCCCCCCCCCC(=O)O.CCCCCCCCCCCCCCCCCC(=O)O.CCCCCCCCCCCCCCCCCC(=O)O.CCCCCCCCCCCCCCCCCC(=O)O.CCCCCCCCCCCCCCCCCC(=O)O.OCC(CO)(CO)CO.OCC(CO)(CO)CO. The molecule has 0 aliphatic heterocycles. The van der Waals surface area contributed by atoms with E-state index in [-0.39, 0.29) is 0 Å². The maximum atomic E-state index is 10.3. The van der Waals surface area contributed by atoms with E-state index < -0.39 is 99.5 Å². The van der Waals surface area contributed by atoms with Gasteiger partial charge in [-0.15, -0.1) is 0 Å². The average Bonchev–Trinajstić information content (AvgIpc) is 0.917. The fraction of sp³-hybridized carbons (Fsp3) is 0.949. The molecule has 0 atom stereocenters. The van der Waals surface area contributed by atoms with Crippen molar-refractivity contribution in [3.05, 3.63) is 0 Å². The fourth-order valence-corrected chi connectivity index (χ4v) is 16.5. The van der Waals surface area contributed by atoms with Crippen LogP contribution in [-0.2, 0) is 28.8 Å². The van der Waals surface area contributed by atoms with E-state index in [9.17, 15) is 28.8 Å². The third kappa shape index (κ3) is 153. The molecule has 0 saturated heterocycles. The number of carboxylic acids is 6. The van der Waals surface area contributed by atoms with Crippen LogP contribution in [0.5, 0.6) is 0 Å². The zero-order valence-corrected chi connectivity index (χ0v) is 92.2. The summed E-state index contributed by atoms with van der Waals surface area (Å²) < 4.78 is 0. The molecule has 0 aliphatic carbocycles. The third-order valence-corrected chi connectivity index (χ3v) is 26.6. The van der Waals surface area contributed by atoms with Crippen molar-refractivity contribution in [3.8, 4) is 0 Å². The lowest BCUT2D eigenvalue weighted by molar-refractivity contribution is -0.138. The van der Waals surface area contributed by atoms with Crippen LogP contribution in [0.2, 0.25) is 0 Å². The van der Waals surface area contributed by atoms with Gasteiger partial charge in [0.25, 0.3) is 0 Å². The lowest BCUT2D eigenvalue weighted by atomic mass is 9.93. The Kier molecular flexibility index (Phi) is 149. The molecule has 0 aliphatic rings. The molecule has 14 N–H and O–H groups in total. The van der Waals surface area contributed by atoms with Crippen molar-refractivity contribution in [3.63, 3.8) is 0 Å². The maximum Gasteiger partial charge on any atom is 0.303 e. The predicted molar refractivity (Wildman–Crippen MR) is 585 cm³/mol. The molecular formula is C118H240O20. The molecule has 0 spiro atoms. The van der Waals surface area contributed by atoms with Gasteiger partial charge in [0.05, 0.1) is 63.7 Å². The smallest absolute Gasteiger partial charge is 0.303 e. The van der Waals surface area contributed by atoms with Gasteiger partial charge >= 0.3 is 35.8 Å². The Morgan fingerprint density at radius 3 is 0.217 bits per heavy atom. The van der Waals surface area contributed by atoms with Crippen LogP contribution in [0.15, 0.2) is 0 Å². The first-order valence-electron chi connectivity index (χ1n) is 59.3. The van der Waals surface area contributed by atoms with E-state index >= 15 is 0 Å². The van der Waals surface area contributed by atoms with Crippen molar-refractivity contribution in [2.24, 2.45) is 10.8 Å². The molecule has 20 nitrogen and oxygen atoms in total. The summed E-state index contributed by atoms with van der Waals surface area (Å²) >= 11 is 0. The molecule has 0 radical (unpaired) electrons. The first-order valence-corrected chi connectivity index (χ1v) is 59.3. The molecule has 832 valence electrons. The first-order chi connectivity index (χ1) is 67.1. The Labute approximate surface area is 853 Å². The van der Waals surface area contributed by atoms with Crippen LogP contribution in [0.3, 0.4) is 0 Å². The zero-order chi connectivity index (χ0) is 104. The van der Waals surface area contributed by atoms with Gasteiger partial charge in [-0.2, -0.15) is 0 Å². The molecule has 0 heterocycles. The summed E-state index contributed by atoms with van der Waals surface area (Å²) in [7, 11) is 0. The van der Waals surface area contributed by atoms with Crippen molar-refractivity contribution in [2.75, 3.05) is 52.9 Å². The fourth-order valence-electron chi connectivity index (χ4n) is 16.5. The topological polar surface area (TPSA) is 386 Å². The van der Waals surface area contributed by atoms with Crippen LogP contribution in [0.1, 0.15) is 658 Å². The largest absolute Gasteiger partial charge is 0.481 e. The van der Waals surface area contributed by atoms with Gasteiger partial charge in [0.15, 0.2) is 0 Å². The van der Waals surface area contributed by atoms with Crippen molar-refractivity contribution >= 4 is 35.8 Å². The van der Waals surface area contributed by atoms with Crippen LogP contribution >= 0.6 is 0 Å². The first kappa shape index (κ1) is 150. The minimum atomic E-state index is -1.11. The number of hydrogen-bond donors (Lipinski definition) is 14. The molecule has 0 unspecified atom stereocenters. The number of unbranched alkanes of at least 4 members (excludes halogenated alkanes) is 84. The van der Waals surface area contributed by atoms with Gasteiger partial charge in [0.1, 0.15) is 0 Å². The molecule has 0 bridgehead atoms. The highest BCUT2D eigenvalue weighted by molar-refractivity contribution is 5.68. The van der Waals surface area contributed by atoms with Gasteiger partial charge in [-0.25, -0.2) is 0 Å². The quantitative estimate of drug-likeness (QED) is 0.0252. The van der Waals surface area contributed by atoms with Crippen LogP contribution in [-0.4, -0.2) is 160 Å². The Balaban J connectivity index is -0.000000236. The molecular weight excluding hydrogens is 1740 g/mol. The highest BCUT2D eigenvalue weighted by Crippen LogP contribution is 2.23. The summed E-state index contributed by atoms with van der Waals surface area (Å²) in [5.74, 6) is -3.92. The summed E-state index contributed by atoms with van der Waals surface area (Å²) in [4.78, 5) is 62.0. The second kappa shape index (κ2) is 138. The van der Waals surface area contributed by atoms with E-state index in [1.165, 1.54) is 501 Å². The molecule has 0 aromatic heterocycles. The van der Waals surface area contributed by atoms with E-state index in [4.69, 9.17) is 71.5 Å². The number of aliphatic hydroxyl groups excluding tert-OH is 8. The van der Waals surface area contributed by atoms with E-state index in [1.807, 2.05) is 0 Å². The molecule has 0 amide bonds. The summed E-state index contributed by atoms with van der Waals surface area (Å²) in [6.07, 6.45) is 121. The summed E-state index contributed by atoms with van der Waals surface area (Å²) in [6.45, 7) is 10.4. The number of carboxylic acid groups (broad SMARTS) is 6. The highest BCUT2D eigenvalue weighted by Gasteiger charge is 2.27. The van der Waals surface area contributed by atoms with E-state index in [0.29, 0.717) is 38.5 Å². The Hall–Kier alpha value is -3.50.